The average molecular weight is 338 g/mol. The van der Waals surface area contributed by atoms with Crippen LogP contribution in [-0.2, 0) is 5.41 Å². The molecule has 3 heteroatoms. The van der Waals surface area contributed by atoms with Crippen LogP contribution in [0.3, 0.4) is 0 Å². The highest BCUT2D eigenvalue weighted by atomic mass is 35.5. The number of nitrogens with one attached hydrogen (secondary N) is 1. The topological polar surface area (TPSA) is 12.0 Å². The first-order valence-corrected chi connectivity index (χ1v) is 8.85. The van der Waals surface area contributed by atoms with Crippen molar-refractivity contribution in [3.05, 3.63) is 70.7 Å². The summed E-state index contributed by atoms with van der Waals surface area (Å²) in [5.41, 5.74) is 2.84. The van der Waals surface area contributed by atoms with E-state index in [2.05, 4.69) is 59.4 Å². The minimum Gasteiger partial charge on any atom is -0.315 e. The Morgan fingerprint density at radius 2 is 1.41 bits per heavy atom. The lowest BCUT2D eigenvalue weighted by atomic mass is 9.74. The Labute approximate surface area is 144 Å². The SMILES string of the molecule is CC.CCl.Clc1ccc(C2(c3ccccc3)CCNC2)cc1. The molecule has 1 aliphatic heterocycles. The maximum absolute atomic E-state index is 5.99. The monoisotopic (exact) mass is 337 g/mol. The van der Waals surface area contributed by atoms with Crippen LogP contribution in [0.5, 0.6) is 0 Å². The zero-order valence-electron chi connectivity index (χ0n) is 13.6. The predicted octanol–water partition coefficient (Wildman–Crippen LogP) is 5.50. The molecule has 0 radical (unpaired) electrons. The van der Waals surface area contributed by atoms with Crippen LogP contribution in [0.4, 0.5) is 0 Å². The molecule has 0 saturated carbocycles. The number of rotatable bonds is 2. The van der Waals surface area contributed by atoms with E-state index in [0.717, 1.165) is 24.5 Å². The van der Waals surface area contributed by atoms with Gasteiger partial charge in [0.25, 0.3) is 0 Å². The van der Waals surface area contributed by atoms with E-state index in [1.54, 1.807) is 0 Å². The number of benzene rings is 2. The number of hydrogen-bond acceptors (Lipinski definition) is 1. The van der Waals surface area contributed by atoms with Gasteiger partial charge in [0.15, 0.2) is 0 Å². The Balaban J connectivity index is 0.000000561. The normalized spacial score (nSPS) is 19.5. The molecule has 0 aromatic heterocycles. The molecule has 1 atom stereocenters. The maximum atomic E-state index is 5.99. The molecule has 2 aromatic rings. The van der Waals surface area contributed by atoms with Crippen molar-refractivity contribution in [3.63, 3.8) is 0 Å². The van der Waals surface area contributed by atoms with Gasteiger partial charge in [0.1, 0.15) is 0 Å². The fourth-order valence-electron chi connectivity index (χ4n) is 2.88. The van der Waals surface area contributed by atoms with Crippen LogP contribution in [0.1, 0.15) is 31.4 Å². The number of hydrogen-bond donors (Lipinski definition) is 1. The first kappa shape index (κ1) is 19.0. The van der Waals surface area contributed by atoms with E-state index < -0.39 is 0 Å². The van der Waals surface area contributed by atoms with Gasteiger partial charge in [-0.15, -0.1) is 11.6 Å². The van der Waals surface area contributed by atoms with Gasteiger partial charge in [0.05, 0.1) is 0 Å². The summed E-state index contributed by atoms with van der Waals surface area (Å²) < 4.78 is 0. The lowest BCUT2D eigenvalue weighted by molar-refractivity contribution is 0.570. The van der Waals surface area contributed by atoms with Gasteiger partial charge in [0.2, 0.25) is 0 Å². The largest absolute Gasteiger partial charge is 0.315 e. The van der Waals surface area contributed by atoms with Crippen LogP contribution >= 0.6 is 23.2 Å². The summed E-state index contributed by atoms with van der Waals surface area (Å²) in [7, 11) is 0. The third kappa shape index (κ3) is 4.25. The van der Waals surface area contributed by atoms with Crippen molar-refractivity contribution in [2.24, 2.45) is 0 Å². The molecule has 1 unspecified atom stereocenters. The summed E-state index contributed by atoms with van der Waals surface area (Å²) in [5.74, 6) is 0. The van der Waals surface area contributed by atoms with E-state index in [9.17, 15) is 0 Å². The summed E-state index contributed by atoms with van der Waals surface area (Å²) in [6.45, 7) is 6.07. The van der Waals surface area contributed by atoms with Crippen molar-refractivity contribution in [1.29, 1.82) is 0 Å². The summed E-state index contributed by atoms with van der Waals surface area (Å²) in [4.78, 5) is 0. The molecule has 0 amide bonds. The van der Waals surface area contributed by atoms with Crippen LogP contribution in [0, 0.1) is 0 Å². The second-order valence-corrected chi connectivity index (χ2v) is 5.32. The lowest BCUT2D eigenvalue weighted by Crippen LogP contribution is -2.30. The zero-order chi connectivity index (χ0) is 16.4. The third-order valence-corrected chi connectivity index (χ3v) is 4.13. The Morgan fingerprint density at radius 3 is 1.91 bits per heavy atom. The molecule has 120 valence electrons. The van der Waals surface area contributed by atoms with Gasteiger partial charge in [-0.25, -0.2) is 0 Å². The van der Waals surface area contributed by atoms with Gasteiger partial charge in [-0.2, -0.15) is 0 Å². The molecule has 0 spiro atoms. The van der Waals surface area contributed by atoms with Crippen molar-refractivity contribution in [3.8, 4) is 0 Å². The molecule has 1 saturated heterocycles. The second-order valence-electron chi connectivity index (χ2n) is 4.88. The lowest BCUT2D eigenvalue weighted by Gasteiger charge is -2.29. The molecule has 3 rings (SSSR count). The van der Waals surface area contributed by atoms with Crippen LogP contribution in [0.15, 0.2) is 54.6 Å². The van der Waals surface area contributed by atoms with Gasteiger partial charge < -0.3 is 5.32 Å². The Morgan fingerprint density at radius 1 is 0.864 bits per heavy atom. The summed E-state index contributed by atoms with van der Waals surface area (Å²) >= 11 is 10.6. The van der Waals surface area contributed by atoms with E-state index in [1.807, 2.05) is 26.0 Å². The van der Waals surface area contributed by atoms with Crippen molar-refractivity contribution in [2.45, 2.75) is 25.7 Å². The summed E-state index contributed by atoms with van der Waals surface area (Å²) in [6.07, 6.45) is 2.61. The molecular formula is C19H25Cl2N. The number of halogens is 2. The first-order valence-electron chi connectivity index (χ1n) is 7.71. The smallest absolute Gasteiger partial charge is 0.0406 e. The van der Waals surface area contributed by atoms with E-state index in [-0.39, 0.29) is 5.41 Å². The van der Waals surface area contributed by atoms with E-state index >= 15 is 0 Å². The molecule has 1 N–H and O–H groups in total. The molecule has 1 nitrogen and oxygen atoms in total. The fourth-order valence-corrected chi connectivity index (χ4v) is 3.00. The Kier molecular flexibility index (Phi) is 8.55. The van der Waals surface area contributed by atoms with Crippen LogP contribution in [0.25, 0.3) is 0 Å². The molecule has 0 aliphatic carbocycles. The quantitative estimate of drug-likeness (QED) is 0.713. The minimum absolute atomic E-state index is 0.103. The first-order chi connectivity index (χ1) is 10.8. The summed E-state index contributed by atoms with van der Waals surface area (Å²) in [6, 6.07) is 19.0. The van der Waals surface area contributed by atoms with Gasteiger partial charge in [-0.1, -0.05) is 67.9 Å². The highest BCUT2D eigenvalue weighted by Crippen LogP contribution is 2.37. The summed E-state index contributed by atoms with van der Waals surface area (Å²) in [5, 5.41) is 4.29. The molecular weight excluding hydrogens is 313 g/mol. The second kappa shape index (κ2) is 9.89. The van der Waals surface area contributed by atoms with Gasteiger partial charge >= 0.3 is 0 Å². The zero-order valence-corrected chi connectivity index (χ0v) is 15.1. The van der Waals surface area contributed by atoms with Crippen LogP contribution in [0.2, 0.25) is 5.02 Å². The molecule has 2 aromatic carbocycles. The molecule has 0 bridgehead atoms. The molecule has 1 aliphatic rings. The van der Waals surface area contributed by atoms with Gasteiger partial charge in [-0.3, -0.25) is 0 Å². The fraction of sp³-hybridized carbons (Fsp3) is 0.368. The Bertz CT molecular complexity index is 517. The molecule has 1 fully saturated rings. The highest BCUT2D eigenvalue weighted by Gasteiger charge is 2.36. The van der Waals surface area contributed by atoms with Crippen LogP contribution < -0.4 is 5.32 Å². The standard InChI is InChI=1S/C16H16ClN.C2H6.CH3Cl/c17-15-8-6-14(7-9-15)16(10-11-18-12-16)13-4-2-1-3-5-13;2*1-2/h1-9,18H,10-12H2;1-2H3;1H3. The van der Waals surface area contributed by atoms with Crippen molar-refractivity contribution in [1.82, 2.24) is 5.32 Å². The van der Waals surface area contributed by atoms with E-state index in [4.69, 9.17) is 11.6 Å². The highest BCUT2D eigenvalue weighted by molar-refractivity contribution is 6.30. The van der Waals surface area contributed by atoms with Crippen molar-refractivity contribution in [2.75, 3.05) is 19.5 Å². The minimum atomic E-state index is 0.103. The average Bonchev–Trinajstić information content (AvgIpc) is 3.11. The van der Waals surface area contributed by atoms with Crippen molar-refractivity contribution < 1.29 is 0 Å². The molecule has 22 heavy (non-hydrogen) atoms. The van der Waals surface area contributed by atoms with E-state index in [1.165, 1.54) is 17.5 Å². The number of alkyl halides is 1. The van der Waals surface area contributed by atoms with Gasteiger partial charge in [0, 0.05) is 23.4 Å². The third-order valence-electron chi connectivity index (χ3n) is 3.88. The Hall–Kier alpha value is -1.02. The molecule has 1 heterocycles. The predicted molar refractivity (Wildman–Crippen MR) is 99.3 cm³/mol. The maximum Gasteiger partial charge on any atom is 0.0406 e. The van der Waals surface area contributed by atoms with Crippen molar-refractivity contribution >= 4 is 23.2 Å². The van der Waals surface area contributed by atoms with Crippen LogP contribution in [-0.4, -0.2) is 19.5 Å². The van der Waals surface area contributed by atoms with E-state index in [0.29, 0.717) is 0 Å². The van der Waals surface area contributed by atoms with Gasteiger partial charge in [-0.05, 0) is 36.2 Å².